The van der Waals surface area contributed by atoms with E-state index in [1.54, 1.807) is 0 Å². The molecular formula is C19H17BrF3NO2. The standard InChI is InChI=1S/C19H17BrF3NO2/c20-15-9-5-13(6-10-15)17(24-11-1-2-16(24)18(25)26)12-3-7-14(8-4-12)19(21,22)23/h3-10,16-17H,1-2,11H2,(H,25,26). The molecule has 0 radical (unpaired) electrons. The molecule has 1 saturated heterocycles. The van der Waals surface area contributed by atoms with E-state index in [1.165, 1.54) is 12.1 Å². The molecule has 2 unspecified atom stereocenters. The molecule has 1 heterocycles. The highest BCUT2D eigenvalue weighted by Gasteiger charge is 2.37. The fraction of sp³-hybridized carbons (Fsp3) is 0.316. The summed E-state index contributed by atoms with van der Waals surface area (Å²) in [6, 6.07) is 11.3. The van der Waals surface area contributed by atoms with E-state index in [9.17, 15) is 23.1 Å². The highest BCUT2D eigenvalue weighted by atomic mass is 79.9. The quantitative estimate of drug-likeness (QED) is 0.736. The van der Waals surface area contributed by atoms with Crippen molar-refractivity contribution in [1.82, 2.24) is 4.90 Å². The van der Waals surface area contributed by atoms with Gasteiger partial charge in [-0.3, -0.25) is 9.69 Å². The largest absolute Gasteiger partial charge is 0.480 e. The van der Waals surface area contributed by atoms with Gasteiger partial charge < -0.3 is 5.11 Å². The number of benzene rings is 2. The second kappa shape index (κ2) is 7.40. The lowest BCUT2D eigenvalue weighted by molar-refractivity contribution is -0.142. The fourth-order valence-corrected chi connectivity index (χ4v) is 3.70. The minimum absolute atomic E-state index is 0.408. The molecule has 0 aromatic heterocycles. The van der Waals surface area contributed by atoms with E-state index in [4.69, 9.17) is 0 Å². The third kappa shape index (κ3) is 3.94. The number of alkyl halides is 3. The van der Waals surface area contributed by atoms with Crippen LogP contribution in [0.15, 0.2) is 53.0 Å². The van der Waals surface area contributed by atoms with Gasteiger partial charge in [0.1, 0.15) is 6.04 Å². The lowest BCUT2D eigenvalue weighted by Crippen LogP contribution is -2.39. The molecule has 0 spiro atoms. The van der Waals surface area contributed by atoms with Crippen LogP contribution >= 0.6 is 15.9 Å². The predicted octanol–water partition coefficient (Wildman–Crippen LogP) is 5.11. The molecule has 2 aromatic carbocycles. The minimum Gasteiger partial charge on any atom is -0.480 e. The van der Waals surface area contributed by atoms with Crippen molar-refractivity contribution in [1.29, 1.82) is 0 Å². The van der Waals surface area contributed by atoms with Crippen molar-refractivity contribution < 1.29 is 23.1 Å². The van der Waals surface area contributed by atoms with Crippen LogP contribution < -0.4 is 0 Å². The summed E-state index contributed by atoms with van der Waals surface area (Å²) >= 11 is 3.37. The van der Waals surface area contributed by atoms with Crippen LogP contribution in [-0.4, -0.2) is 28.6 Å². The van der Waals surface area contributed by atoms with Gasteiger partial charge in [0, 0.05) is 11.0 Å². The van der Waals surface area contributed by atoms with Gasteiger partial charge in [0.05, 0.1) is 11.6 Å². The van der Waals surface area contributed by atoms with Crippen molar-refractivity contribution in [3.8, 4) is 0 Å². The lowest BCUT2D eigenvalue weighted by Gasteiger charge is -2.32. The molecule has 0 amide bonds. The van der Waals surface area contributed by atoms with Crippen molar-refractivity contribution in [3.63, 3.8) is 0 Å². The second-order valence-electron chi connectivity index (χ2n) is 6.31. The first-order valence-electron chi connectivity index (χ1n) is 8.18. The fourth-order valence-electron chi connectivity index (χ4n) is 3.44. The van der Waals surface area contributed by atoms with Crippen LogP contribution in [0.25, 0.3) is 0 Å². The molecule has 0 saturated carbocycles. The molecular weight excluding hydrogens is 411 g/mol. The topological polar surface area (TPSA) is 40.5 Å². The van der Waals surface area contributed by atoms with Gasteiger partial charge in [-0.1, -0.05) is 40.2 Å². The van der Waals surface area contributed by atoms with Gasteiger partial charge in [-0.15, -0.1) is 0 Å². The summed E-state index contributed by atoms with van der Waals surface area (Å²) in [5.74, 6) is -0.906. The molecule has 3 nitrogen and oxygen atoms in total. The number of halogens is 4. The van der Waals surface area contributed by atoms with Gasteiger partial charge in [-0.25, -0.2) is 0 Å². The van der Waals surface area contributed by atoms with Crippen LogP contribution in [0.1, 0.15) is 35.6 Å². The van der Waals surface area contributed by atoms with Gasteiger partial charge in [0.25, 0.3) is 0 Å². The zero-order valence-corrected chi connectivity index (χ0v) is 15.3. The summed E-state index contributed by atoms with van der Waals surface area (Å²) in [4.78, 5) is 13.5. The first-order chi connectivity index (χ1) is 12.3. The third-order valence-electron chi connectivity index (χ3n) is 4.65. The number of carboxylic acid groups (broad SMARTS) is 1. The zero-order valence-electron chi connectivity index (χ0n) is 13.7. The number of hydrogen-bond donors (Lipinski definition) is 1. The predicted molar refractivity (Wildman–Crippen MR) is 94.8 cm³/mol. The summed E-state index contributed by atoms with van der Waals surface area (Å²) in [6.07, 6.45) is -3.13. The van der Waals surface area contributed by atoms with E-state index < -0.39 is 29.8 Å². The highest BCUT2D eigenvalue weighted by Crippen LogP contribution is 2.37. The molecule has 2 aromatic rings. The molecule has 3 rings (SSSR count). The molecule has 0 aliphatic carbocycles. The number of likely N-dealkylation sites (tertiary alicyclic amines) is 1. The van der Waals surface area contributed by atoms with E-state index in [0.717, 1.165) is 28.6 Å². The van der Waals surface area contributed by atoms with Gasteiger partial charge in [-0.05, 0) is 48.2 Å². The highest BCUT2D eigenvalue weighted by molar-refractivity contribution is 9.10. The van der Waals surface area contributed by atoms with Crippen LogP contribution in [0.5, 0.6) is 0 Å². The number of aliphatic carboxylic acids is 1. The molecule has 1 fully saturated rings. The normalized spacial score (nSPS) is 19.5. The number of rotatable bonds is 4. The van der Waals surface area contributed by atoms with Gasteiger partial charge in [-0.2, -0.15) is 13.2 Å². The molecule has 1 N–H and O–H groups in total. The Hall–Kier alpha value is -1.86. The minimum atomic E-state index is -4.40. The summed E-state index contributed by atoms with van der Waals surface area (Å²) < 4.78 is 39.5. The van der Waals surface area contributed by atoms with Crippen molar-refractivity contribution in [2.24, 2.45) is 0 Å². The summed E-state index contributed by atoms with van der Waals surface area (Å²) in [5.41, 5.74) is 0.779. The Kier molecular flexibility index (Phi) is 5.39. The van der Waals surface area contributed by atoms with Crippen LogP contribution in [0.3, 0.4) is 0 Å². The smallest absolute Gasteiger partial charge is 0.416 e. The SMILES string of the molecule is O=C(O)C1CCCN1C(c1ccc(Br)cc1)c1ccc(C(F)(F)F)cc1. The molecule has 1 aliphatic rings. The third-order valence-corrected chi connectivity index (χ3v) is 5.18. The average molecular weight is 428 g/mol. The van der Waals surface area contributed by atoms with Crippen molar-refractivity contribution in [2.45, 2.75) is 31.1 Å². The number of hydrogen-bond acceptors (Lipinski definition) is 2. The van der Waals surface area contributed by atoms with Crippen molar-refractivity contribution >= 4 is 21.9 Å². The maximum absolute atomic E-state index is 12.9. The molecule has 2 atom stereocenters. The average Bonchev–Trinajstić information content (AvgIpc) is 3.06. The maximum atomic E-state index is 12.9. The molecule has 26 heavy (non-hydrogen) atoms. The number of carboxylic acids is 1. The van der Waals surface area contributed by atoms with Crippen molar-refractivity contribution in [3.05, 3.63) is 69.7 Å². The Morgan fingerprint density at radius 2 is 1.62 bits per heavy atom. The summed E-state index contributed by atoms with van der Waals surface area (Å²) in [5, 5.41) is 9.52. The van der Waals surface area contributed by atoms with Crippen LogP contribution in [-0.2, 0) is 11.0 Å². The number of nitrogens with zero attached hydrogens (tertiary/aromatic N) is 1. The molecule has 7 heteroatoms. The van der Waals surface area contributed by atoms with Gasteiger partial charge in [0.2, 0.25) is 0 Å². The Morgan fingerprint density at radius 1 is 1.08 bits per heavy atom. The van der Waals surface area contributed by atoms with Gasteiger partial charge >= 0.3 is 12.1 Å². The first kappa shape index (κ1) is 18.9. The molecule has 138 valence electrons. The van der Waals surface area contributed by atoms with Gasteiger partial charge in [0.15, 0.2) is 0 Å². The van der Waals surface area contributed by atoms with E-state index >= 15 is 0 Å². The van der Waals surface area contributed by atoms with Crippen LogP contribution in [0.4, 0.5) is 13.2 Å². The Labute approximate surface area is 157 Å². The van der Waals surface area contributed by atoms with E-state index in [-0.39, 0.29) is 0 Å². The van der Waals surface area contributed by atoms with E-state index in [2.05, 4.69) is 15.9 Å². The maximum Gasteiger partial charge on any atom is 0.416 e. The van der Waals surface area contributed by atoms with E-state index in [0.29, 0.717) is 18.5 Å². The van der Waals surface area contributed by atoms with Crippen molar-refractivity contribution in [2.75, 3.05) is 6.54 Å². The Balaban J connectivity index is 2.03. The van der Waals surface area contributed by atoms with Crippen LogP contribution in [0.2, 0.25) is 0 Å². The number of carbonyl (C=O) groups is 1. The Bertz CT molecular complexity index is 775. The second-order valence-corrected chi connectivity index (χ2v) is 7.22. The molecule has 1 aliphatic heterocycles. The summed E-state index contributed by atoms with van der Waals surface area (Å²) in [7, 11) is 0. The summed E-state index contributed by atoms with van der Waals surface area (Å²) in [6.45, 7) is 0.582. The Morgan fingerprint density at radius 3 is 2.12 bits per heavy atom. The lowest BCUT2D eigenvalue weighted by atomic mass is 9.95. The first-order valence-corrected chi connectivity index (χ1v) is 8.98. The molecule has 0 bridgehead atoms. The zero-order chi connectivity index (χ0) is 18.9. The van der Waals surface area contributed by atoms with Crippen LogP contribution in [0, 0.1) is 0 Å². The van der Waals surface area contributed by atoms with E-state index in [1.807, 2.05) is 29.2 Å². The monoisotopic (exact) mass is 427 g/mol.